The van der Waals surface area contributed by atoms with E-state index in [0.29, 0.717) is 24.0 Å². The van der Waals surface area contributed by atoms with Crippen LogP contribution in [-0.2, 0) is 14.3 Å². The number of thioether (sulfide) groups is 1. The Labute approximate surface area is 128 Å². The smallest absolute Gasteiger partial charge is 0.329 e. The molecule has 1 atom stereocenters. The van der Waals surface area contributed by atoms with Crippen LogP contribution in [0.15, 0.2) is 30.3 Å². The second kappa shape index (κ2) is 7.93. The van der Waals surface area contributed by atoms with E-state index in [1.165, 1.54) is 4.90 Å². The van der Waals surface area contributed by atoms with Crippen molar-refractivity contribution in [2.75, 3.05) is 24.8 Å². The Kier molecular flexibility index (Phi) is 5.92. The van der Waals surface area contributed by atoms with Gasteiger partial charge in [0.1, 0.15) is 11.8 Å². The van der Waals surface area contributed by atoms with E-state index in [1.807, 2.05) is 25.1 Å². The van der Waals surface area contributed by atoms with Gasteiger partial charge in [-0.05, 0) is 18.6 Å². The number of carbonyl (C=O) groups is 2. The van der Waals surface area contributed by atoms with Crippen LogP contribution in [0.2, 0.25) is 0 Å². The van der Waals surface area contributed by atoms with Gasteiger partial charge in [0.15, 0.2) is 6.61 Å². The number of rotatable bonds is 6. The normalized spacial score (nSPS) is 17.6. The van der Waals surface area contributed by atoms with Gasteiger partial charge in [0.05, 0.1) is 12.5 Å². The lowest BCUT2D eigenvalue weighted by Gasteiger charge is -2.22. The standard InChI is InChI=1S/C15H19NO4S/c1-2-8-19-15(18)13-10-21-11-16(13)14(17)9-20-12-6-4-3-5-7-12/h3-7,13H,2,8-11H2,1H3. The summed E-state index contributed by atoms with van der Waals surface area (Å²) < 4.78 is 10.6. The van der Waals surface area contributed by atoms with Crippen LogP contribution in [0, 0.1) is 0 Å². The van der Waals surface area contributed by atoms with Crippen molar-refractivity contribution in [3.63, 3.8) is 0 Å². The SMILES string of the molecule is CCCOC(=O)C1CSCN1C(=O)COc1ccccc1. The molecule has 1 fully saturated rings. The molecule has 114 valence electrons. The lowest BCUT2D eigenvalue weighted by atomic mass is 10.3. The molecule has 1 aromatic carbocycles. The van der Waals surface area contributed by atoms with Gasteiger partial charge >= 0.3 is 5.97 Å². The molecule has 0 aromatic heterocycles. The minimum Gasteiger partial charge on any atom is -0.484 e. The first-order chi connectivity index (χ1) is 10.2. The van der Waals surface area contributed by atoms with Gasteiger partial charge in [0, 0.05) is 5.75 Å². The molecule has 21 heavy (non-hydrogen) atoms. The van der Waals surface area contributed by atoms with Crippen molar-refractivity contribution < 1.29 is 19.1 Å². The zero-order valence-corrected chi connectivity index (χ0v) is 12.8. The fourth-order valence-electron chi connectivity index (χ4n) is 1.93. The molecule has 1 unspecified atom stereocenters. The van der Waals surface area contributed by atoms with E-state index in [1.54, 1.807) is 23.9 Å². The molecule has 1 heterocycles. The summed E-state index contributed by atoms with van der Waals surface area (Å²) in [5.74, 6) is 1.21. The molecule has 0 saturated carbocycles. The maximum atomic E-state index is 12.2. The number of nitrogens with zero attached hydrogens (tertiary/aromatic N) is 1. The van der Waals surface area contributed by atoms with Crippen LogP contribution < -0.4 is 4.74 Å². The summed E-state index contributed by atoms with van der Waals surface area (Å²) in [6.07, 6.45) is 0.774. The second-order valence-electron chi connectivity index (χ2n) is 4.65. The first kappa shape index (κ1) is 15.7. The summed E-state index contributed by atoms with van der Waals surface area (Å²) in [4.78, 5) is 25.6. The number of ether oxygens (including phenoxy) is 2. The average Bonchev–Trinajstić information content (AvgIpc) is 3.01. The summed E-state index contributed by atoms with van der Waals surface area (Å²) in [6.45, 7) is 2.26. The lowest BCUT2D eigenvalue weighted by Crippen LogP contribution is -2.44. The van der Waals surface area contributed by atoms with Gasteiger partial charge in [-0.25, -0.2) is 4.79 Å². The molecular weight excluding hydrogens is 290 g/mol. The number of benzene rings is 1. The van der Waals surface area contributed by atoms with E-state index < -0.39 is 6.04 Å². The zero-order chi connectivity index (χ0) is 15.1. The fraction of sp³-hybridized carbons (Fsp3) is 0.467. The molecule has 1 aromatic rings. The van der Waals surface area contributed by atoms with Gasteiger partial charge in [-0.3, -0.25) is 4.79 Å². The summed E-state index contributed by atoms with van der Waals surface area (Å²) in [6, 6.07) is 8.66. The highest BCUT2D eigenvalue weighted by Gasteiger charge is 2.35. The van der Waals surface area contributed by atoms with Gasteiger partial charge in [-0.1, -0.05) is 25.1 Å². The maximum absolute atomic E-state index is 12.2. The Morgan fingerprint density at radius 1 is 1.33 bits per heavy atom. The third-order valence-electron chi connectivity index (χ3n) is 3.03. The average molecular weight is 309 g/mol. The topological polar surface area (TPSA) is 55.8 Å². The fourth-order valence-corrected chi connectivity index (χ4v) is 3.09. The lowest BCUT2D eigenvalue weighted by molar-refractivity contribution is -0.153. The first-order valence-electron chi connectivity index (χ1n) is 6.94. The highest BCUT2D eigenvalue weighted by molar-refractivity contribution is 7.99. The number of hydrogen-bond donors (Lipinski definition) is 0. The summed E-state index contributed by atoms with van der Waals surface area (Å²) in [7, 11) is 0. The van der Waals surface area contributed by atoms with Crippen LogP contribution in [0.5, 0.6) is 5.75 Å². The molecule has 0 bridgehead atoms. The number of amides is 1. The van der Waals surface area contributed by atoms with Crippen molar-refractivity contribution in [1.29, 1.82) is 0 Å². The molecule has 1 amide bonds. The predicted octanol–water partition coefficient (Wildman–Crippen LogP) is 1.92. The highest BCUT2D eigenvalue weighted by atomic mass is 32.2. The molecule has 2 rings (SSSR count). The minimum absolute atomic E-state index is 0.0673. The largest absolute Gasteiger partial charge is 0.484 e. The molecule has 0 aliphatic carbocycles. The van der Waals surface area contributed by atoms with Crippen LogP contribution in [0.25, 0.3) is 0 Å². The monoisotopic (exact) mass is 309 g/mol. The van der Waals surface area contributed by atoms with Gasteiger partial charge in [-0.2, -0.15) is 0 Å². The Morgan fingerprint density at radius 3 is 2.81 bits per heavy atom. The number of para-hydroxylation sites is 1. The van der Waals surface area contributed by atoms with Crippen LogP contribution in [0.3, 0.4) is 0 Å². The molecule has 1 saturated heterocycles. The Hall–Kier alpha value is -1.69. The second-order valence-corrected chi connectivity index (χ2v) is 5.65. The van der Waals surface area contributed by atoms with Crippen LogP contribution in [0.1, 0.15) is 13.3 Å². The van der Waals surface area contributed by atoms with E-state index in [9.17, 15) is 9.59 Å². The van der Waals surface area contributed by atoms with Gasteiger partial charge in [0.2, 0.25) is 0 Å². The Morgan fingerprint density at radius 2 is 2.10 bits per heavy atom. The summed E-state index contributed by atoms with van der Waals surface area (Å²) >= 11 is 1.55. The van der Waals surface area contributed by atoms with Gasteiger partial charge < -0.3 is 14.4 Å². The van der Waals surface area contributed by atoms with E-state index >= 15 is 0 Å². The number of esters is 1. The Bertz CT molecular complexity index is 480. The third kappa shape index (κ3) is 4.39. The summed E-state index contributed by atoms with van der Waals surface area (Å²) in [5, 5.41) is 0. The molecule has 5 nitrogen and oxygen atoms in total. The molecule has 0 spiro atoms. The molecule has 1 aliphatic heterocycles. The van der Waals surface area contributed by atoms with Crippen molar-refractivity contribution in [2.45, 2.75) is 19.4 Å². The van der Waals surface area contributed by atoms with Crippen LogP contribution in [-0.4, -0.2) is 47.7 Å². The van der Waals surface area contributed by atoms with E-state index in [4.69, 9.17) is 9.47 Å². The molecule has 0 N–H and O–H groups in total. The van der Waals surface area contributed by atoms with Crippen molar-refractivity contribution in [3.8, 4) is 5.75 Å². The maximum Gasteiger partial charge on any atom is 0.329 e. The van der Waals surface area contributed by atoms with Gasteiger partial charge in [0.25, 0.3) is 5.91 Å². The highest BCUT2D eigenvalue weighted by Crippen LogP contribution is 2.22. The quantitative estimate of drug-likeness (QED) is 0.752. The van der Waals surface area contributed by atoms with E-state index in [-0.39, 0.29) is 18.5 Å². The number of hydrogen-bond acceptors (Lipinski definition) is 5. The van der Waals surface area contributed by atoms with E-state index in [2.05, 4.69) is 0 Å². The minimum atomic E-state index is -0.492. The van der Waals surface area contributed by atoms with Crippen molar-refractivity contribution in [3.05, 3.63) is 30.3 Å². The van der Waals surface area contributed by atoms with E-state index in [0.717, 1.165) is 6.42 Å². The van der Waals surface area contributed by atoms with Crippen molar-refractivity contribution in [2.24, 2.45) is 0 Å². The zero-order valence-electron chi connectivity index (χ0n) is 12.0. The predicted molar refractivity (Wildman–Crippen MR) is 81.1 cm³/mol. The molecule has 6 heteroatoms. The Balaban J connectivity index is 1.87. The number of carbonyl (C=O) groups excluding carboxylic acids is 2. The van der Waals surface area contributed by atoms with Gasteiger partial charge in [-0.15, -0.1) is 11.8 Å². The third-order valence-corrected chi connectivity index (χ3v) is 4.04. The van der Waals surface area contributed by atoms with Crippen molar-refractivity contribution in [1.82, 2.24) is 4.90 Å². The summed E-state index contributed by atoms with van der Waals surface area (Å²) in [5.41, 5.74) is 0. The molecular formula is C15H19NO4S. The first-order valence-corrected chi connectivity index (χ1v) is 8.09. The molecule has 1 aliphatic rings. The van der Waals surface area contributed by atoms with Crippen molar-refractivity contribution >= 4 is 23.6 Å². The molecule has 0 radical (unpaired) electrons. The van der Waals surface area contributed by atoms with Crippen LogP contribution >= 0.6 is 11.8 Å². The van der Waals surface area contributed by atoms with Crippen LogP contribution in [0.4, 0.5) is 0 Å².